The van der Waals surface area contributed by atoms with Crippen LogP contribution in [0.5, 0.6) is 0 Å². The van der Waals surface area contributed by atoms with Crippen molar-refractivity contribution in [3.8, 4) is 0 Å². The average molecular weight is 209 g/mol. The summed E-state index contributed by atoms with van der Waals surface area (Å²) in [5.74, 6) is 0.331. The molecule has 0 atom stereocenters. The number of rotatable bonds is 1. The lowest BCUT2D eigenvalue weighted by molar-refractivity contribution is 0.0622. The van der Waals surface area contributed by atoms with E-state index in [1.165, 1.54) is 0 Å². The smallest absolute Gasteiger partial charge is 0.292 e. The third kappa shape index (κ3) is 2.02. The lowest BCUT2D eigenvalue weighted by Crippen LogP contribution is -2.47. The van der Waals surface area contributed by atoms with Gasteiger partial charge in [0.2, 0.25) is 5.76 Å². The lowest BCUT2D eigenvalue weighted by atomic mass is 10.2. The van der Waals surface area contributed by atoms with Crippen LogP contribution in [-0.2, 0) is 0 Å². The van der Waals surface area contributed by atoms with Crippen molar-refractivity contribution in [1.82, 2.24) is 15.0 Å². The largest absolute Gasteiger partial charge is 0.351 e. The van der Waals surface area contributed by atoms with E-state index in [4.69, 9.17) is 4.52 Å². The van der Waals surface area contributed by atoms with E-state index in [2.05, 4.69) is 17.1 Å². The van der Waals surface area contributed by atoms with Crippen molar-refractivity contribution in [2.24, 2.45) is 0 Å². The molecular weight excluding hydrogens is 194 g/mol. The predicted molar refractivity (Wildman–Crippen MR) is 54.6 cm³/mol. The monoisotopic (exact) mass is 209 g/mol. The van der Waals surface area contributed by atoms with E-state index >= 15 is 0 Å². The fourth-order valence-electron chi connectivity index (χ4n) is 1.65. The number of nitrogens with zero attached hydrogens (tertiary/aromatic N) is 3. The SMILES string of the molecule is Cc1cnoc1C(=O)N1CCN(C)CC1. The van der Waals surface area contributed by atoms with Crippen molar-refractivity contribution in [2.45, 2.75) is 6.92 Å². The zero-order valence-electron chi connectivity index (χ0n) is 9.06. The molecule has 0 saturated carbocycles. The quantitative estimate of drug-likeness (QED) is 0.670. The summed E-state index contributed by atoms with van der Waals surface area (Å²) < 4.78 is 4.95. The summed E-state index contributed by atoms with van der Waals surface area (Å²) in [4.78, 5) is 16.0. The Bertz CT molecular complexity index is 353. The van der Waals surface area contributed by atoms with Gasteiger partial charge in [-0.2, -0.15) is 0 Å². The summed E-state index contributed by atoms with van der Waals surface area (Å²) >= 11 is 0. The molecule has 1 aliphatic rings. The number of likely N-dealkylation sites (N-methyl/N-ethyl adjacent to an activating group) is 1. The minimum atomic E-state index is -0.0434. The fourth-order valence-corrected chi connectivity index (χ4v) is 1.65. The van der Waals surface area contributed by atoms with Crippen LogP contribution >= 0.6 is 0 Å². The first-order valence-corrected chi connectivity index (χ1v) is 5.07. The Kier molecular flexibility index (Phi) is 2.73. The Hall–Kier alpha value is -1.36. The molecule has 2 rings (SSSR count). The predicted octanol–water partition coefficient (Wildman–Crippen LogP) is 0.371. The minimum Gasteiger partial charge on any atom is -0.351 e. The molecule has 1 saturated heterocycles. The van der Waals surface area contributed by atoms with Crippen LogP contribution in [0, 0.1) is 6.92 Å². The molecule has 1 fully saturated rings. The van der Waals surface area contributed by atoms with Gasteiger partial charge in [0.25, 0.3) is 5.91 Å². The van der Waals surface area contributed by atoms with Crippen LogP contribution in [0.25, 0.3) is 0 Å². The van der Waals surface area contributed by atoms with Crippen molar-refractivity contribution in [3.63, 3.8) is 0 Å². The fraction of sp³-hybridized carbons (Fsp3) is 0.600. The van der Waals surface area contributed by atoms with E-state index in [1.807, 2.05) is 11.8 Å². The zero-order valence-corrected chi connectivity index (χ0v) is 9.06. The van der Waals surface area contributed by atoms with Crippen LogP contribution in [0.15, 0.2) is 10.7 Å². The Morgan fingerprint density at radius 3 is 2.60 bits per heavy atom. The second kappa shape index (κ2) is 4.02. The van der Waals surface area contributed by atoms with Crippen molar-refractivity contribution < 1.29 is 9.32 Å². The first kappa shape index (κ1) is 10.2. The van der Waals surface area contributed by atoms with Crippen LogP contribution in [-0.4, -0.2) is 54.1 Å². The average Bonchev–Trinajstić information content (AvgIpc) is 2.65. The van der Waals surface area contributed by atoms with Crippen molar-refractivity contribution in [2.75, 3.05) is 33.2 Å². The van der Waals surface area contributed by atoms with Gasteiger partial charge in [-0.3, -0.25) is 4.79 Å². The highest BCUT2D eigenvalue weighted by molar-refractivity contribution is 5.92. The Morgan fingerprint density at radius 1 is 1.40 bits per heavy atom. The highest BCUT2D eigenvalue weighted by atomic mass is 16.5. The number of hydrogen-bond donors (Lipinski definition) is 0. The summed E-state index contributed by atoms with van der Waals surface area (Å²) in [5.41, 5.74) is 0.805. The molecule has 82 valence electrons. The molecule has 2 heterocycles. The van der Waals surface area contributed by atoms with E-state index < -0.39 is 0 Å². The highest BCUT2D eigenvalue weighted by Crippen LogP contribution is 2.11. The number of hydrogen-bond acceptors (Lipinski definition) is 4. The van der Waals surface area contributed by atoms with Crippen LogP contribution in [0.2, 0.25) is 0 Å². The Morgan fingerprint density at radius 2 is 2.07 bits per heavy atom. The highest BCUT2D eigenvalue weighted by Gasteiger charge is 2.24. The number of carbonyl (C=O) groups excluding carboxylic acids is 1. The summed E-state index contributed by atoms with van der Waals surface area (Å²) in [6.07, 6.45) is 1.57. The first-order chi connectivity index (χ1) is 7.18. The van der Waals surface area contributed by atoms with Crippen LogP contribution in [0.4, 0.5) is 0 Å². The van der Waals surface area contributed by atoms with E-state index in [1.54, 1.807) is 6.20 Å². The van der Waals surface area contributed by atoms with E-state index in [0.717, 1.165) is 31.7 Å². The lowest BCUT2D eigenvalue weighted by Gasteiger charge is -2.31. The van der Waals surface area contributed by atoms with Crippen LogP contribution in [0.1, 0.15) is 16.1 Å². The molecule has 1 aliphatic heterocycles. The van der Waals surface area contributed by atoms with Gasteiger partial charge in [0, 0.05) is 31.7 Å². The third-order valence-corrected chi connectivity index (χ3v) is 2.73. The normalized spacial score (nSPS) is 18.1. The summed E-state index contributed by atoms with van der Waals surface area (Å²) in [7, 11) is 2.06. The number of piperazine rings is 1. The second-order valence-electron chi connectivity index (χ2n) is 3.93. The molecule has 0 aliphatic carbocycles. The van der Waals surface area contributed by atoms with Gasteiger partial charge in [-0.1, -0.05) is 5.16 Å². The van der Waals surface area contributed by atoms with Gasteiger partial charge in [-0.25, -0.2) is 0 Å². The molecule has 0 radical (unpaired) electrons. The topological polar surface area (TPSA) is 49.6 Å². The molecule has 0 unspecified atom stereocenters. The van der Waals surface area contributed by atoms with Gasteiger partial charge in [0.1, 0.15) is 0 Å². The minimum absolute atomic E-state index is 0.0434. The zero-order chi connectivity index (χ0) is 10.8. The van der Waals surface area contributed by atoms with Crippen LogP contribution in [0.3, 0.4) is 0 Å². The van der Waals surface area contributed by atoms with Gasteiger partial charge in [0.15, 0.2) is 0 Å². The number of amides is 1. The Balaban J connectivity index is 2.06. The molecule has 5 heteroatoms. The summed E-state index contributed by atoms with van der Waals surface area (Å²) in [6.45, 7) is 5.18. The maximum atomic E-state index is 12.0. The second-order valence-corrected chi connectivity index (χ2v) is 3.93. The third-order valence-electron chi connectivity index (χ3n) is 2.73. The van der Waals surface area contributed by atoms with Gasteiger partial charge < -0.3 is 14.3 Å². The summed E-state index contributed by atoms with van der Waals surface area (Å²) in [6, 6.07) is 0. The van der Waals surface area contributed by atoms with E-state index in [-0.39, 0.29) is 5.91 Å². The van der Waals surface area contributed by atoms with E-state index in [0.29, 0.717) is 5.76 Å². The molecule has 1 aromatic heterocycles. The molecule has 0 N–H and O–H groups in total. The first-order valence-electron chi connectivity index (χ1n) is 5.07. The maximum absolute atomic E-state index is 12.0. The van der Waals surface area contributed by atoms with Crippen molar-refractivity contribution in [1.29, 1.82) is 0 Å². The molecule has 0 spiro atoms. The molecule has 0 aromatic carbocycles. The molecule has 0 bridgehead atoms. The molecular formula is C10H15N3O2. The number of aromatic nitrogens is 1. The molecule has 1 aromatic rings. The molecule has 1 amide bonds. The van der Waals surface area contributed by atoms with Gasteiger partial charge in [0.05, 0.1) is 6.20 Å². The number of aryl methyl sites for hydroxylation is 1. The molecule has 15 heavy (non-hydrogen) atoms. The van der Waals surface area contributed by atoms with Crippen molar-refractivity contribution in [3.05, 3.63) is 17.5 Å². The Labute approximate surface area is 88.6 Å². The summed E-state index contributed by atoms with van der Waals surface area (Å²) in [5, 5.41) is 3.62. The maximum Gasteiger partial charge on any atom is 0.292 e. The van der Waals surface area contributed by atoms with Gasteiger partial charge in [-0.05, 0) is 14.0 Å². The molecule has 5 nitrogen and oxygen atoms in total. The number of carbonyl (C=O) groups is 1. The van der Waals surface area contributed by atoms with Crippen molar-refractivity contribution >= 4 is 5.91 Å². The van der Waals surface area contributed by atoms with Gasteiger partial charge >= 0.3 is 0 Å². The van der Waals surface area contributed by atoms with Crippen LogP contribution < -0.4 is 0 Å². The standard InChI is InChI=1S/C10H15N3O2/c1-8-7-11-15-9(8)10(14)13-5-3-12(2)4-6-13/h7H,3-6H2,1-2H3. The van der Waals surface area contributed by atoms with E-state index in [9.17, 15) is 4.79 Å². The van der Waals surface area contributed by atoms with Gasteiger partial charge in [-0.15, -0.1) is 0 Å².